The average Bonchev–Trinajstić information content (AvgIpc) is 2.83. The lowest BCUT2D eigenvalue weighted by Crippen LogP contribution is -2.07. The molecular weight excluding hydrogens is 256 g/mol. The number of alkyl halides is 1. The van der Waals surface area contributed by atoms with Gasteiger partial charge < -0.3 is 0 Å². The van der Waals surface area contributed by atoms with Gasteiger partial charge in [-0.15, -0.1) is 11.6 Å². The molecule has 0 aliphatic heterocycles. The van der Waals surface area contributed by atoms with Crippen LogP contribution in [-0.2, 0) is 25.3 Å². The molecule has 0 unspecified atom stereocenters. The molecule has 0 radical (unpaired) electrons. The van der Waals surface area contributed by atoms with E-state index in [4.69, 9.17) is 11.6 Å². The molecule has 0 bridgehead atoms. The molecule has 3 heteroatoms. The fraction of sp³-hybridized carbons (Fsp3) is 0.438. The number of aromatic nitrogens is 2. The Kier molecular flexibility index (Phi) is 5.46. The van der Waals surface area contributed by atoms with E-state index in [2.05, 4.69) is 47.0 Å². The summed E-state index contributed by atoms with van der Waals surface area (Å²) in [5, 5.41) is 4.47. The van der Waals surface area contributed by atoms with Gasteiger partial charge in [-0.1, -0.05) is 43.7 Å². The van der Waals surface area contributed by atoms with Gasteiger partial charge in [0.25, 0.3) is 0 Å². The van der Waals surface area contributed by atoms with E-state index in [0.29, 0.717) is 5.88 Å². The molecule has 0 fully saturated rings. The number of hydrogen-bond acceptors (Lipinski definition) is 1. The number of benzene rings is 1. The van der Waals surface area contributed by atoms with Crippen molar-refractivity contribution >= 4 is 11.6 Å². The van der Waals surface area contributed by atoms with Crippen LogP contribution in [0.2, 0.25) is 0 Å². The van der Waals surface area contributed by atoms with Gasteiger partial charge in [0, 0.05) is 17.8 Å². The van der Waals surface area contributed by atoms with Crippen LogP contribution in [0.15, 0.2) is 36.5 Å². The van der Waals surface area contributed by atoms with Crippen LogP contribution >= 0.6 is 11.6 Å². The van der Waals surface area contributed by atoms with Crippen molar-refractivity contribution in [2.24, 2.45) is 0 Å². The van der Waals surface area contributed by atoms with Crippen molar-refractivity contribution in [2.75, 3.05) is 0 Å². The van der Waals surface area contributed by atoms with E-state index < -0.39 is 0 Å². The van der Waals surface area contributed by atoms with Crippen molar-refractivity contribution in [1.29, 1.82) is 0 Å². The highest BCUT2D eigenvalue weighted by molar-refractivity contribution is 6.17. The second-order valence-corrected chi connectivity index (χ2v) is 5.08. The van der Waals surface area contributed by atoms with Crippen molar-refractivity contribution in [1.82, 2.24) is 9.78 Å². The lowest BCUT2D eigenvalue weighted by Gasteiger charge is -2.08. The second kappa shape index (κ2) is 7.34. The van der Waals surface area contributed by atoms with E-state index >= 15 is 0 Å². The quantitative estimate of drug-likeness (QED) is 0.693. The van der Waals surface area contributed by atoms with Gasteiger partial charge in [0.1, 0.15) is 0 Å². The van der Waals surface area contributed by atoms with Crippen molar-refractivity contribution < 1.29 is 0 Å². The zero-order valence-electron chi connectivity index (χ0n) is 11.5. The molecule has 2 nitrogen and oxygen atoms in total. The van der Waals surface area contributed by atoms with Crippen LogP contribution in [0.5, 0.6) is 0 Å². The number of aryl methyl sites for hydroxylation is 2. The first kappa shape index (κ1) is 14.1. The van der Waals surface area contributed by atoms with Crippen molar-refractivity contribution in [2.45, 2.75) is 45.0 Å². The van der Waals surface area contributed by atoms with E-state index in [1.165, 1.54) is 16.8 Å². The summed E-state index contributed by atoms with van der Waals surface area (Å²) in [6.07, 6.45) is 6.33. The van der Waals surface area contributed by atoms with Crippen LogP contribution in [0.1, 0.15) is 36.6 Å². The van der Waals surface area contributed by atoms with Gasteiger partial charge in [-0.25, -0.2) is 0 Å². The van der Waals surface area contributed by atoms with Crippen molar-refractivity contribution in [3.05, 3.63) is 53.3 Å². The van der Waals surface area contributed by atoms with Gasteiger partial charge in [-0.05, 0) is 24.8 Å². The fourth-order valence-electron chi connectivity index (χ4n) is 2.36. The summed E-state index contributed by atoms with van der Waals surface area (Å²) in [6.45, 7) is 3.17. The minimum atomic E-state index is 0.564. The second-order valence-electron chi connectivity index (χ2n) is 4.81. The third kappa shape index (κ3) is 3.84. The summed E-state index contributed by atoms with van der Waals surface area (Å²) in [5.74, 6) is 0.564. The van der Waals surface area contributed by atoms with Gasteiger partial charge >= 0.3 is 0 Å². The zero-order valence-corrected chi connectivity index (χ0v) is 12.2. The Bertz CT molecular complexity index is 491. The first-order valence-corrected chi connectivity index (χ1v) is 7.52. The maximum Gasteiger partial charge on any atom is 0.0536 e. The topological polar surface area (TPSA) is 17.8 Å². The predicted molar refractivity (Wildman–Crippen MR) is 80.5 cm³/mol. The van der Waals surface area contributed by atoms with E-state index in [-0.39, 0.29) is 0 Å². The summed E-state index contributed by atoms with van der Waals surface area (Å²) in [6, 6.07) is 10.6. The van der Waals surface area contributed by atoms with Gasteiger partial charge in [0.15, 0.2) is 0 Å². The number of nitrogens with zero attached hydrogens (tertiary/aromatic N) is 2. The van der Waals surface area contributed by atoms with Crippen LogP contribution in [0.25, 0.3) is 0 Å². The highest BCUT2D eigenvalue weighted by Crippen LogP contribution is 2.14. The molecule has 0 atom stereocenters. The molecule has 0 amide bonds. The van der Waals surface area contributed by atoms with Crippen molar-refractivity contribution in [3.8, 4) is 0 Å². The summed E-state index contributed by atoms with van der Waals surface area (Å²) in [4.78, 5) is 0. The molecule has 1 heterocycles. The minimum absolute atomic E-state index is 0.564. The van der Waals surface area contributed by atoms with E-state index in [1.807, 2.05) is 6.20 Å². The summed E-state index contributed by atoms with van der Waals surface area (Å²) in [7, 11) is 0. The Balaban J connectivity index is 1.94. The Labute approximate surface area is 120 Å². The smallest absolute Gasteiger partial charge is 0.0536 e. The molecule has 0 saturated carbocycles. The Morgan fingerprint density at radius 2 is 1.95 bits per heavy atom. The van der Waals surface area contributed by atoms with Crippen LogP contribution in [-0.4, -0.2) is 9.78 Å². The van der Waals surface area contributed by atoms with Crippen LogP contribution in [0.3, 0.4) is 0 Å². The van der Waals surface area contributed by atoms with Crippen molar-refractivity contribution in [3.63, 3.8) is 0 Å². The largest absolute Gasteiger partial charge is 0.269 e. The average molecular weight is 277 g/mol. The Morgan fingerprint density at radius 3 is 2.63 bits per heavy atom. The lowest BCUT2D eigenvalue weighted by molar-refractivity contribution is 0.550. The highest BCUT2D eigenvalue weighted by Gasteiger charge is 2.08. The van der Waals surface area contributed by atoms with Gasteiger partial charge in [0.05, 0.1) is 12.1 Å². The van der Waals surface area contributed by atoms with Gasteiger partial charge in [0.2, 0.25) is 0 Å². The van der Waals surface area contributed by atoms with Gasteiger partial charge in [-0.2, -0.15) is 5.10 Å². The Morgan fingerprint density at radius 1 is 1.16 bits per heavy atom. The SMILES string of the molecule is CCCc1c(CCl)cnn1CCCc1ccccc1. The Hall–Kier alpha value is -1.28. The number of rotatable bonds is 7. The molecule has 102 valence electrons. The van der Waals surface area contributed by atoms with Gasteiger partial charge in [-0.3, -0.25) is 4.68 Å². The predicted octanol–water partition coefficient (Wildman–Crippen LogP) is 4.21. The maximum absolute atomic E-state index is 5.96. The highest BCUT2D eigenvalue weighted by atomic mass is 35.5. The standard InChI is InChI=1S/C16H21ClN2/c1-2-7-16-15(12-17)13-18-19(16)11-6-10-14-8-4-3-5-9-14/h3-5,8-9,13H,2,6-7,10-12H2,1H3. The molecule has 19 heavy (non-hydrogen) atoms. The molecule has 1 aromatic carbocycles. The maximum atomic E-state index is 5.96. The fourth-order valence-corrected chi connectivity index (χ4v) is 2.58. The first-order chi connectivity index (χ1) is 9.35. The number of halogens is 1. The molecule has 2 rings (SSSR count). The van der Waals surface area contributed by atoms with E-state index in [9.17, 15) is 0 Å². The zero-order chi connectivity index (χ0) is 13.5. The number of hydrogen-bond donors (Lipinski definition) is 0. The third-order valence-electron chi connectivity index (χ3n) is 3.34. The molecule has 0 saturated heterocycles. The molecule has 0 spiro atoms. The lowest BCUT2D eigenvalue weighted by atomic mass is 10.1. The van der Waals surface area contributed by atoms with E-state index in [0.717, 1.165) is 32.2 Å². The van der Waals surface area contributed by atoms with Crippen LogP contribution in [0, 0.1) is 0 Å². The molecule has 2 aromatic rings. The minimum Gasteiger partial charge on any atom is -0.269 e. The summed E-state index contributed by atoms with van der Waals surface area (Å²) < 4.78 is 2.13. The van der Waals surface area contributed by atoms with E-state index in [1.54, 1.807) is 0 Å². The van der Waals surface area contributed by atoms with Crippen LogP contribution < -0.4 is 0 Å². The monoisotopic (exact) mass is 276 g/mol. The molecule has 1 aromatic heterocycles. The summed E-state index contributed by atoms with van der Waals surface area (Å²) >= 11 is 5.96. The molecular formula is C16H21ClN2. The van der Waals surface area contributed by atoms with Crippen LogP contribution in [0.4, 0.5) is 0 Å². The molecule has 0 aliphatic rings. The molecule has 0 aliphatic carbocycles. The normalized spacial score (nSPS) is 10.8. The first-order valence-electron chi connectivity index (χ1n) is 6.98. The summed E-state index contributed by atoms with van der Waals surface area (Å²) in [5.41, 5.74) is 3.89. The third-order valence-corrected chi connectivity index (χ3v) is 3.63. The molecule has 0 N–H and O–H groups in total.